The molecule has 0 bridgehead atoms. The van der Waals surface area contributed by atoms with E-state index >= 15 is 0 Å². The minimum atomic E-state index is -0.580. The first-order valence-electron chi connectivity index (χ1n) is 2.60. The molecule has 0 spiro atoms. The Bertz CT molecular complexity index is 241. The van der Waals surface area contributed by atoms with E-state index in [1.165, 1.54) is 6.08 Å². The van der Waals surface area contributed by atoms with Crippen molar-refractivity contribution in [2.75, 3.05) is 0 Å². The van der Waals surface area contributed by atoms with Crippen LogP contribution in [-0.4, -0.2) is 17.0 Å². The SMILES string of the molecule is O=C1CC([N+](=O)[O-])=CC=N1. The molecule has 1 aliphatic heterocycles. The van der Waals surface area contributed by atoms with Gasteiger partial charge in [0.2, 0.25) is 0 Å². The Kier molecular flexibility index (Phi) is 1.57. The Morgan fingerprint density at radius 1 is 1.70 bits per heavy atom. The molecule has 0 aromatic rings. The average Bonchev–Trinajstić information content (AvgIpc) is 1.88. The molecule has 0 fully saturated rings. The van der Waals surface area contributed by atoms with Gasteiger partial charge in [0.1, 0.15) is 6.42 Å². The maximum absolute atomic E-state index is 10.4. The number of rotatable bonds is 1. The van der Waals surface area contributed by atoms with Crippen LogP contribution in [0.1, 0.15) is 6.42 Å². The van der Waals surface area contributed by atoms with E-state index in [4.69, 9.17) is 0 Å². The molecule has 1 heterocycles. The van der Waals surface area contributed by atoms with Gasteiger partial charge in [-0.05, 0) is 0 Å². The summed E-state index contributed by atoms with van der Waals surface area (Å²) in [6.45, 7) is 0. The maximum Gasteiger partial charge on any atom is 0.257 e. The third kappa shape index (κ3) is 1.25. The standard InChI is InChI=1S/C5H4N2O3/c8-5-3-4(7(9)10)1-2-6-5/h1-2H,3H2. The van der Waals surface area contributed by atoms with Crippen LogP contribution >= 0.6 is 0 Å². The molecular weight excluding hydrogens is 136 g/mol. The second-order valence-electron chi connectivity index (χ2n) is 1.76. The fourth-order valence-electron chi connectivity index (χ4n) is 0.591. The number of hydrogen-bond acceptors (Lipinski definition) is 3. The molecule has 1 amide bonds. The Morgan fingerprint density at radius 2 is 2.40 bits per heavy atom. The molecule has 0 N–H and O–H groups in total. The van der Waals surface area contributed by atoms with Crippen molar-refractivity contribution in [2.45, 2.75) is 6.42 Å². The van der Waals surface area contributed by atoms with Gasteiger partial charge in [-0.1, -0.05) is 0 Å². The van der Waals surface area contributed by atoms with E-state index in [1.54, 1.807) is 0 Å². The maximum atomic E-state index is 10.4. The fraction of sp³-hybridized carbons (Fsp3) is 0.200. The van der Waals surface area contributed by atoms with Crippen LogP contribution in [0, 0.1) is 10.1 Å². The smallest absolute Gasteiger partial charge is 0.257 e. The van der Waals surface area contributed by atoms with Crippen LogP contribution in [0.3, 0.4) is 0 Å². The van der Waals surface area contributed by atoms with Crippen molar-refractivity contribution in [1.29, 1.82) is 0 Å². The predicted molar refractivity (Wildman–Crippen MR) is 33.2 cm³/mol. The van der Waals surface area contributed by atoms with Gasteiger partial charge in [0.05, 0.1) is 4.92 Å². The molecule has 10 heavy (non-hydrogen) atoms. The van der Waals surface area contributed by atoms with Crippen LogP contribution in [0.5, 0.6) is 0 Å². The van der Waals surface area contributed by atoms with E-state index < -0.39 is 10.8 Å². The first-order valence-corrected chi connectivity index (χ1v) is 2.60. The monoisotopic (exact) mass is 140 g/mol. The molecule has 52 valence electrons. The summed E-state index contributed by atoms with van der Waals surface area (Å²) in [5.41, 5.74) is -0.0972. The molecule has 0 unspecified atom stereocenters. The highest BCUT2D eigenvalue weighted by molar-refractivity contribution is 5.93. The Hall–Kier alpha value is -1.52. The van der Waals surface area contributed by atoms with Gasteiger partial charge >= 0.3 is 0 Å². The van der Waals surface area contributed by atoms with Gasteiger partial charge in [0.15, 0.2) is 0 Å². The minimum absolute atomic E-state index is 0.0972. The molecule has 0 saturated heterocycles. The van der Waals surface area contributed by atoms with E-state index in [2.05, 4.69) is 4.99 Å². The lowest BCUT2D eigenvalue weighted by Gasteiger charge is -1.96. The molecule has 0 radical (unpaired) electrons. The number of nitro groups is 1. The van der Waals surface area contributed by atoms with Gasteiger partial charge in [0, 0.05) is 12.3 Å². The van der Waals surface area contributed by atoms with Crippen molar-refractivity contribution in [1.82, 2.24) is 0 Å². The van der Waals surface area contributed by atoms with Gasteiger partial charge in [-0.2, -0.15) is 0 Å². The zero-order valence-electron chi connectivity index (χ0n) is 4.98. The van der Waals surface area contributed by atoms with Crippen LogP contribution in [-0.2, 0) is 4.79 Å². The topological polar surface area (TPSA) is 72.6 Å². The van der Waals surface area contributed by atoms with Gasteiger partial charge in [-0.15, -0.1) is 0 Å². The molecule has 5 heteroatoms. The molecule has 1 rings (SSSR count). The van der Waals surface area contributed by atoms with E-state index in [1.807, 2.05) is 0 Å². The zero-order chi connectivity index (χ0) is 7.56. The van der Waals surface area contributed by atoms with Crippen molar-refractivity contribution in [3.8, 4) is 0 Å². The number of allylic oxidation sites excluding steroid dienone is 1. The molecule has 0 aliphatic carbocycles. The van der Waals surface area contributed by atoms with Gasteiger partial charge in [-0.25, -0.2) is 4.99 Å². The molecule has 0 saturated carbocycles. The molecular formula is C5H4N2O3. The fourth-order valence-corrected chi connectivity index (χ4v) is 0.591. The first-order chi connectivity index (χ1) is 4.70. The molecule has 0 atom stereocenters. The second kappa shape index (κ2) is 2.38. The van der Waals surface area contributed by atoms with Crippen LogP contribution in [0.25, 0.3) is 0 Å². The zero-order valence-corrected chi connectivity index (χ0v) is 4.98. The lowest BCUT2D eigenvalue weighted by molar-refractivity contribution is -0.426. The number of nitrogens with zero attached hydrogens (tertiary/aromatic N) is 2. The van der Waals surface area contributed by atoms with Crippen LogP contribution in [0.2, 0.25) is 0 Å². The molecule has 5 nitrogen and oxygen atoms in total. The van der Waals surface area contributed by atoms with E-state index in [9.17, 15) is 14.9 Å². The summed E-state index contributed by atoms with van der Waals surface area (Å²) in [7, 11) is 0. The molecule has 0 aromatic carbocycles. The number of aliphatic imine (C=N–C) groups is 1. The highest BCUT2D eigenvalue weighted by Crippen LogP contribution is 2.05. The van der Waals surface area contributed by atoms with Crippen LogP contribution in [0.15, 0.2) is 16.8 Å². The first kappa shape index (κ1) is 6.60. The average molecular weight is 140 g/mol. The van der Waals surface area contributed by atoms with E-state index in [0.717, 1.165) is 6.21 Å². The Balaban J connectivity index is 2.80. The Labute approximate surface area is 56.2 Å². The quantitative estimate of drug-likeness (QED) is 0.384. The number of carbonyl (C=O) groups is 1. The summed E-state index contributed by atoms with van der Waals surface area (Å²) in [4.78, 5) is 23.2. The van der Waals surface area contributed by atoms with Crippen molar-refractivity contribution < 1.29 is 9.72 Å². The predicted octanol–water partition coefficient (Wildman–Crippen LogP) is 0.148. The lowest BCUT2D eigenvalue weighted by atomic mass is 10.2. The van der Waals surface area contributed by atoms with E-state index in [-0.39, 0.29) is 12.1 Å². The van der Waals surface area contributed by atoms with Crippen LogP contribution in [0.4, 0.5) is 0 Å². The summed E-state index contributed by atoms with van der Waals surface area (Å²) < 4.78 is 0. The van der Waals surface area contributed by atoms with Crippen molar-refractivity contribution in [2.24, 2.45) is 4.99 Å². The number of carbonyl (C=O) groups excluding carboxylic acids is 1. The lowest BCUT2D eigenvalue weighted by Crippen LogP contribution is -2.08. The van der Waals surface area contributed by atoms with Crippen LogP contribution < -0.4 is 0 Å². The number of hydrogen-bond donors (Lipinski definition) is 0. The summed E-state index contributed by atoms with van der Waals surface area (Å²) in [5.74, 6) is -0.464. The summed E-state index contributed by atoms with van der Waals surface area (Å²) in [5, 5.41) is 10.0. The van der Waals surface area contributed by atoms with Crippen molar-refractivity contribution >= 4 is 12.1 Å². The third-order valence-electron chi connectivity index (χ3n) is 1.05. The molecule has 0 aromatic heterocycles. The van der Waals surface area contributed by atoms with Crippen molar-refractivity contribution in [3.63, 3.8) is 0 Å². The summed E-state index contributed by atoms with van der Waals surface area (Å²) >= 11 is 0. The van der Waals surface area contributed by atoms with E-state index in [0.29, 0.717) is 0 Å². The molecule has 1 aliphatic rings. The number of amides is 1. The second-order valence-corrected chi connectivity index (χ2v) is 1.76. The largest absolute Gasteiger partial charge is 0.272 e. The Morgan fingerprint density at radius 3 is 2.80 bits per heavy atom. The van der Waals surface area contributed by atoms with Gasteiger partial charge in [0.25, 0.3) is 11.6 Å². The summed E-state index contributed by atoms with van der Waals surface area (Å²) in [6.07, 6.45) is 2.18. The van der Waals surface area contributed by atoms with Gasteiger partial charge in [-0.3, -0.25) is 14.9 Å². The number of dihydropyridines is 1. The minimum Gasteiger partial charge on any atom is -0.272 e. The summed E-state index contributed by atoms with van der Waals surface area (Å²) in [6, 6.07) is 0. The third-order valence-corrected chi connectivity index (χ3v) is 1.05. The highest BCUT2D eigenvalue weighted by atomic mass is 16.6. The normalized spacial score (nSPS) is 16.8. The highest BCUT2D eigenvalue weighted by Gasteiger charge is 2.17. The van der Waals surface area contributed by atoms with Crippen molar-refractivity contribution in [3.05, 3.63) is 21.9 Å². The van der Waals surface area contributed by atoms with Gasteiger partial charge < -0.3 is 0 Å².